The normalized spacial score (nSPS) is 11.8. The first-order valence-electron chi connectivity index (χ1n) is 6.06. The third-order valence-corrected chi connectivity index (χ3v) is 3.98. The number of sulfonamides is 1. The van der Waals surface area contributed by atoms with E-state index in [0.29, 0.717) is 13.2 Å². The fourth-order valence-corrected chi connectivity index (χ4v) is 2.51. The molecule has 0 saturated heterocycles. The smallest absolute Gasteiger partial charge is 0.240 e. The Morgan fingerprint density at radius 1 is 1.30 bits per heavy atom. The zero-order valence-electron chi connectivity index (χ0n) is 11.3. The Morgan fingerprint density at radius 3 is 2.70 bits per heavy atom. The van der Waals surface area contributed by atoms with E-state index in [1.54, 1.807) is 7.11 Å². The molecule has 1 aromatic rings. The van der Waals surface area contributed by atoms with Gasteiger partial charge in [0.25, 0.3) is 0 Å². The largest absolute Gasteiger partial charge is 0.382 e. The van der Waals surface area contributed by atoms with Crippen molar-refractivity contribution in [3.05, 3.63) is 29.6 Å². The molecule has 0 aliphatic carbocycles. The third kappa shape index (κ3) is 5.14. The molecule has 0 spiro atoms. The summed E-state index contributed by atoms with van der Waals surface area (Å²) in [5.74, 6) is -0.519. The number of rotatable bonds is 9. The van der Waals surface area contributed by atoms with Crippen molar-refractivity contribution in [1.29, 1.82) is 0 Å². The summed E-state index contributed by atoms with van der Waals surface area (Å²) < 4.78 is 49.4. The minimum absolute atomic E-state index is 0.0174. The van der Waals surface area contributed by atoms with E-state index in [1.165, 1.54) is 12.1 Å². The van der Waals surface area contributed by atoms with E-state index in [0.717, 1.165) is 6.07 Å². The van der Waals surface area contributed by atoms with E-state index in [-0.39, 0.29) is 30.2 Å². The molecular formula is C12H19FN2O4S. The van der Waals surface area contributed by atoms with Gasteiger partial charge in [-0.05, 0) is 18.2 Å². The summed E-state index contributed by atoms with van der Waals surface area (Å²) in [7, 11) is -2.13. The van der Waals surface area contributed by atoms with Gasteiger partial charge in [0.1, 0.15) is 5.82 Å². The zero-order valence-corrected chi connectivity index (χ0v) is 12.1. The van der Waals surface area contributed by atoms with Gasteiger partial charge in [-0.2, -0.15) is 0 Å². The van der Waals surface area contributed by atoms with Crippen LogP contribution >= 0.6 is 0 Å². The Hall–Kier alpha value is -1.06. The van der Waals surface area contributed by atoms with Crippen LogP contribution < -0.4 is 10.5 Å². The highest BCUT2D eigenvalue weighted by molar-refractivity contribution is 7.89. The number of methoxy groups -OCH3 is 1. The van der Waals surface area contributed by atoms with Crippen molar-refractivity contribution in [2.24, 2.45) is 5.73 Å². The van der Waals surface area contributed by atoms with Gasteiger partial charge in [-0.3, -0.25) is 0 Å². The number of nitrogens with one attached hydrogen (secondary N) is 1. The highest BCUT2D eigenvalue weighted by Gasteiger charge is 2.15. The lowest BCUT2D eigenvalue weighted by Crippen LogP contribution is -2.28. The van der Waals surface area contributed by atoms with Crippen LogP contribution in [-0.2, 0) is 26.0 Å². The van der Waals surface area contributed by atoms with Crippen molar-refractivity contribution in [2.45, 2.75) is 11.4 Å². The average Bonchev–Trinajstić information content (AvgIpc) is 2.43. The molecule has 1 aromatic carbocycles. The maximum atomic E-state index is 13.3. The van der Waals surface area contributed by atoms with E-state index < -0.39 is 15.8 Å². The van der Waals surface area contributed by atoms with Crippen LogP contribution in [0.15, 0.2) is 23.1 Å². The Kier molecular flexibility index (Phi) is 7.03. The zero-order chi connectivity index (χ0) is 15.0. The van der Waals surface area contributed by atoms with Gasteiger partial charge >= 0.3 is 0 Å². The maximum Gasteiger partial charge on any atom is 0.240 e. The summed E-state index contributed by atoms with van der Waals surface area (Å²) in [6.45, 7) is 1.14. The molecule has 0 aliphatic heterocycles. The van der Waals surface area contributed by atoms with Crippen LogP contribution in [0.3, 0.4) is 0 Å². The lowest BCUT2D eigenvalue weighted by molar-refractivity contribution is 0.0736. The van der Waals surface area contributed by atoms with Crippen LogP contribution in [0.4, 0.5) is 4.39 Å². The van der Waals surface area contributed by atoms with Crippen LogP contribution in [0.5, 0.6) is 0 Å². The first-order chi connectivity index (χ1) is 9.51. The Balaban J connectivity index is 2.56. The Morgan fingerprint density at radius 2 is 2.05 bits per heavy atom. The number of nitrogens with two attached hydrogens (primary N) is 1. The van der Waals surface area contributed by atoms with E-state index in [4.69, 9.17) is 15.2 Å². The van der Waals surface area contributed by atoms with Gasteiger partial charge in [0.2, 0.25) is 10.0 Å². The van der Waals surface area contributed by atoms with Crippen LogP contribution in [0, 0.1) is 5.82 Å². The Labute approximate surface area is 118 Å². The molecule has 114 valence electrons. The quantitative estimate of drug-likeness (QED) is 0.637. The average molecular weight is 306 g/mol. The minimum atomic E-state index is -3.69. The summed E-state index contributed by atoms with van der Waals surface area (Å²) in [5.41, 5.74) is 5.50. The van der Waals surface area contributed by atoms with Crippen LogP contribution in [0.1, 0.15) is 5.56 Å². The molecule has 0 aromatic heterocycles. The molecule has 0 amide bonds. The molecule has 0 saturated carbocycles. The molecule has 8 heteroatoms. The molecule has 0 aliphatic rings. The van der Waals surface area contributed by atoms with Gasteiger partial charge in [-0.1, -0.05) is 0 Å². The molecule has 0 atom stereocenters. The molecule has 0 heterocycles. The fourth-order valence-electron chi connectivity index (χ4n) is 1.45. The third-order valence-electron chi connectivity index (χ3n) is 2.52. The van der Waals surface area contributed by atoms with Crippen molar-refractivity contribution < 1.29 is 22.3 Å². The van der Waals surface area contributed by atoms with Crippen LogP contribution in [0.25, 0.3) is 0 Å². The van der Waals surface area contributed by atoms with Crippen molar-refractivity contribution in [3.63, 3.8) is 0 Å². The number of hydrogen-bond donors (Lipinski definition) is 2. The molecule has 0 fully saturated rings. The predicted octanol–water partition coefficient (Wildman–Crippen LogP) is 0.226. The second-order valence-corrected chi connectivity index (χ2v) is 5.73. The monoisotopic (exact) mass is 306 g/mol. The van der Waals surface area contributed by atoms with E-state index in [2.05, 4.69) is 4.72 Å². The van der Waals surface area contributed by atoms with Gasteiger partial charge in [0, 0.05) is 25.8 Å². The van der Waals surface area contributed by atoms with Gasteiger partial charge in [-0.25, -0.2) is 17.5 Å². The minimum Gasteiger partial charge on any atom is -0.382 e. The second kappa shape index (κ2) is 8.28. The fraction of sp³-hybridized carbons (Fsp3) is 0.500. The number of benzene rings is 1. The summed E-state index contributed by atoms with van der Waals surface area (Å²) in [4.78, 5) is -0.0174. The van der Waals surface area contributed by atoms with E-state index >= 15 is 0 Å². The SMILES string of the molecule is COCCOCCNS(=O)(=O)c1ccc(F)c(CN)c1. The molecular weight excluding hydrogens is 287 g/mol. The highest BCUT2D eigenvalue weighted by atomic mass is 32.2. The molecule has 0 unspecified atom stereocenters. The van der Waals surface area contributed by atoms with Crippen LogP contribution in [0.2, 0.25) is 0 Å². The summed E-state index contributed by atoms with van der Waals surface area (Å²) in [5, 5.41) is 0. The maximum absolute atomic E-state index is 13.3. The van der Waals surface area contributed by atoms with Gasteiger partial charge < -0.3 is 15.2 Å². The highest BCUT2D eigenvalue weighted by Crippen LogP contribution is 2.14. The standard InChI is InChI=1S/C12H19FN2O4S/c1-18-6-7-19-5-4-15-20(16,17)11-2-3-12(13)10(8-11)9-14/h2-3,8,15H,4-7,9,14H2,1H3. The number of halogens is 1. The molecule has 20 heavy (non-hydrogen) atoms. The van der Waals surface area contributed by atoms with Crippen molar-refractivity contribution in [3.8, 4) is 0 Å². The predicted molar refractivity (Wildman–Crippen MR) is 72.2 cm³/mol. The molecule has 3 N–H and O–H groups in total. The van der Waals surface area contributed by atoms with Gasteiger partial charge in [0.15, 0.2) is 0 Å². The molecule has 0 radical (unpaired) electrons. The van der Waals surface area contributed by atoms with Gasteiger partial charge in [0.05, 0.1) is 24.7 Å². The molecule has 1 rings (SSSR count). The number of hydrogen-bond acceptors (Lipinski definition) is 5. The summed E-state index contributed by atoms with van der Waals surface area (Å²) in [6, 6.07) is 3.51. The lowest BCUT2D eigenvalue weighted by atomic mass is 10.2. The first-order valence-corrected chi connectivity index (χ1v) is 7.54. The van der Waals surface area contributed by atoms with E-state index in [1.807, 2.05) is 0 Å². The molecule has 6 nitrogen and oxygen atoms in total. The van der Waals surface area contributed by atoms with Crippen LogP contribution in [-0.4, -0.2) is 41.9 Å². The van der Waals surface area contributed by atoms with Crippen molar-refractivity contribution >= 4 is 10.0 Å². The lowest BCUT2D eigenvalue weighted by Gasteiger charge is -2.09. The van der Waals surface area contributed by atoms with Crippen molar-refractivity contribution in [1.82, 2.24) is 4.72 Å². The second-order valence-electron chi connectivity index (χ2n) is 3.96. The summed E-state index contributed by atoms with van der Waals surface area (Å²) in [6.07, 6.45) is 0. The topological polar surface area (TPSA) is 90.6 Å². The van der Waals surface area contributed by atoms with Gasteiger partial charge in [-0.15, -0.1) is 0 Å². The molecule has 0 bridgehead atoms. The number of ether oxygens (including phenoxy) is 2. The Bertz CT molecular complexity index is 522. The first kappa shape index (κ1) is 17.0. The van der Waals surface area contributed by atoms with Crippen molar-refractivity contribution in [2.75, 3.05) is 33.5 Å². The van der Waals surface area contributed by atoms with E-state index in [9.17, 15) is 12.8 Å². The summed E-state index contributed by atoms with van der Waals surface area (Å²) >= 11 is 0.